The number of nitrogens with one attached hydrogen (secondary N) is 1. The fourth-order valence-electron chi connectivity index (χ4n) is 3.17. The summed E-state index contributed by atoms with van der Waals surface area (Å²) in [6.07, 6.45) is 0.656. The van der Waals surface area contributed by atoms with E-state index in [2.05, 4.69) is 10.3 Å². The maximum absolute atomic E-state index is 12.7. The summed E-state index contributed by atoms with van der Waals surface area (Å²) in [7, 11) is 0.223. The Hall–Kier alpha value is -2.01. The maximum atomic E-state index is 12.7. The number of aliphatic imine (C=N–C) groups is 1. The van der Waals surface area contributed by atoms with Gasteiger partial charge in [-0.15, -0.1) is 24.0 Å². The van der Waals surface area contributed by atoms with E-state index in [1.807, 2.05) is 43.1 Å². The van der Waals surface area contributed by atoms with E-state index in [0.717, 1.165) is 17.1 Å². The molecule has 1 aliphatic rings. The molecule has 0 radical (unpaired) electrons. The molecule has 1 heterocycles. The number of ether oxygens (including phenoxy) is 2. The molecule has 1 unspecified atom stereocenters. The molecule has 0 aliphatic carbocycles. The Balaban J connectivity index is 0.00000320. The SMILES string of the molecule is CCC(CS(=O)(=O)c1ccccc1)NC(=NC)N(C)Cc1ccc2c(c1)OCO2.I. The van der Waals surface area contributed by atoms with Crippen LogP contribution in [0.2, 0.25) is 0 Å². The van der Waals surface area contributed by atoms with E-state index in [-0.39, 0.29) is 42.6 Å². The summed E-state index contributed by atoms with van der Waals surface area (Å²) in [5.41, 5.74) is 1.05. The third-order valence-electron chi connectivity index (χ3n) is 4.78. The van der Waals surface area contributed by atoms with Crippen molar-refractivity contribution in [3.63, 3.8) is 0 Å². The van der Waals surface area contributed by atoms with Crippen LogP contribution in [0, 0.1) is 0 Å². The zero-order chi connectivity index (χ0) is 20.9. The van der Waals surface area contributed by atoms with E-state index < -0.39 is 9.84 Å². The van der Waals surface area contributed by atoms with Gasteiger partial charge in [0.05, 0.1) is 10.6 Å². The number of nitrogens with zero attached hydrogens (tertiary/aromatic N) is 2. The second kappa shape index (κ2) is 10.9. The highest BCUT2D eigenvalue weighted by molar-refractivity contribution is 14.0. The smallest absolute Gasteiger partial charge is 0.231 e. The van der Waals surface area contributed by atoms with Gasteiger partial charge in [-0.1, -0.05) is 31.2 Å². The fraction of sp³-hybridized carbons (Fsp3) is 0.381. The van der Waals surface area contributed by atoms with Crippen LogP contribution in [-0.2, 0) is 16.4 Å². The third kappa shape index (κ3) is 6.00. The van der Waals surface area contributed by atoms with Crippen molar-refractivity contribution >= 4 is 39.8 Å². The van der Waals surface area contributed by atoms with Gasteiger partial charge < -0.3 is 19.7 Å². The normalized spacial score (nSPS) is 14.0. The first-order chi connectivity index (χ1) is 13.9. The van der Waals surface area contributed by atoms with Gasteiger partial charge in [-0.05, 0) is 36.2 Å². The Bertz CT molecular complexity index is 967. The number of hydrogen-bond acceptors (Lipinski definition) is 5. The molecule has 7 nitrogen and oxygen atoms in total. The molecule has 9 heteroatoms. The van der Waals surface area contributed by atoms with Crippen molar-refractivity contribution in [1.29, 1.82) is 0 Å². The Labute approximate surface area is 195 Å². The maximum Gasteiger partial charge on any atom is 0.231 e. The van der Waals surface area contributed by atoms with Crippen LogP contribution < -0.4 is 14.8 Å². The first-order valence-corrected chi connectivity index (χ1v) is 11.2. The second-order valence-corrected chi connectivity index (χ2v) is 8.97. The van der Waals surface area contributed by atoms with E-state index >= 15 is 0 Å². The molecule has 0 amide bonds. The summed E-state index contributed by atoms with van der Waals surface area (Å²) < 4.78 is 36.2. The molecule has 0 saturated carbocycles. The number of benzene rings is 2. The molecule has 0 saturated heterocycles. The Morgan fingerprint density at radius 1 is 1.17 bits per heavy atom. The monoisotopic (exact) mass is 545 g/mol. The van der Waals surface area contributed by atoms with Crippen LogP contribution >= 0.6 is 24.0 Å². The van der Waals surface area contributed by atoms with Crippen molar-refractivity contribution < 1.29 is 17.9 Å². The standard InChI is InChI=1S/C21H27N3O4S.HI/c1-4-17(14-29(25,26)18-8-6-5-7-9-18)23-21(22-2)24(3)13-16-10-11-19-20(12-16)28-15-27-19;/h5-12,17H,4,13-15H2,1-3H3,(H,22,23);1H. The molecular formula is C21H28IN3O4S. The van der Waals surface area contributed by atoms with E-state index in [1.54, 1.807) is 31.3 Å². The van der Waals surface area contributed by atoms with Crippen LogP contribution in [0.15, 0.2) is 58.4 Å². The number of rotatable bonds is 7. The van der Waals surface area contributed by atoms with Crippen LogP contribution in [0.5, 0.6) is 11.5 Å². The van der Waals surface area contributed by atoms with Crippen LogP contribution in [0.25, 0.3) is 0 Å². The summed E-state index contributed by atoms with van der Waals surface area (Å²) in [5, 5.41) is 3.29. The average Bonchev–Trinajstić information content (AvgIpc) is 3.19. The van der Waals surface area contributed by atoms with Gasteiger partial charge in [0.15, 0.2) is 27.3 Å². The number of halogens is 1. The molecule has 0 spiro atoms. The van der Waals surface area contributed by atoms with Gasteiger partial charge >= 0.3 is 0 Å². The van der Waals surface area contributed by atoms with Gasteiger partial charge in [0.25, 0.3) is 0 Å². The predicted molar refractivity (Wildman–Crippen MR) is 129 cm³/mol. The molecule has 3 rings (SSSR count). The van der Waals surface area contributed by atoms with E-state index in [9.17, 15) is 8.42 Å². The quantitative estimate of drug-likeness (QED) is 0.327. The molecule has 0 fully saturated rings. The van der Waals surface area contributed by atoms with Gasteiger partial charge in [0.2, 0.25) is 6.79 Å². The van der Waals surface area contributed by atoms with Gasteiger partial charge in [-0.2, -0.15) is 0 Å². The minimum Gasteiger partial charge on any atom is -0.454 e. The van der Waals surface area contributed by atoms with Crippen molar-refractivity contribution in [2.24, 2.45) is 4.99 Å². The largest absolute Gasteiger partial charge is 0.454 e. The molecule has 0 bridgehead atoms. The summed E-state index contributed by atoms with van der Waals surface area (Å²) in [5.74, 6) is 2.12. The van der Waals surface area contributed by atoms with Crippen LogP contribution in [-0.4, -0.2) is 52.0 Å². The topological polar surface area (TPSA) is 80.2 Å². The molecule has 1 aliphatic heterocycles. The number of fused-ring (bicyclic) bond motifs is 1. The lowest BCUT2D eigenvalue weighted by molar-refractivity contribution is 0.174. The zero-order valence-electron chi connectivity index (χ0n) is 17.4. The molecule has 164 valence electrons. The van der Waals surface area contributed by atoms with Crippen molar-refractivity contribution in [1.82, 2.24) is 10.2 Å². The van der Waals surface area contributed by atoms with Crippen molar-refractivity contribution in [2.45, 2.75) is 30.8 Å². The van der Waals surface area contributed by atoms with Gasteiger partial charge in [0.1, 0.15) is 0 Å². The van der Waals surface area contributed by atoms with Crippen molar-refractivity contribution in [2.75, 3.05) is 26.6 Å². The molecular weight excluding hydrogens is 517 g/mol. The third-order valence-corrected chi connectivity index (χ3v) is 6.61. The summed E-state index contributed by atoms with van der Waals surface area (Å²) in [4.78, 5) is 6.62. The number of sulfone groups is 1. The van der Waals surface area contributed by atoms with Crippen molar-refractivity contribution in [3.8, 4) is 11.5 Å². The minimum absolute atomic E-state index is 0. The highest BCUT2D eigenvalue weighted by Gasteiger charge is 2.22. The Morgan fingerprint density at radius 2 is 1.87 bits per heavy atom. The first-order valence-electron chi connectivity index (χ1n) is 9.53. The Morgan fingerprint density at radius 3 is 2.53 bits per heavy atom. The average molecular weight is 545 g/mol. The van der Waals surface area contributed by atoms with Gasteiger partial charge in [-0.3, -0.25) is 4.99 Å². The van der Waals surface area contributed by atoms with E-state index in [1.165, 1.54) is 0 Å². The molecule has 1 atom stereocenters. The lowest BCUT2D eigenvalue weighted by Gasteiger charge is -2.26. The highest BCUT2D eigenvalue weighted by atomic mass is 127. The van der Waals surface area contributed by atoms with Crippen LogP contribution in [0.4, 0.5) is 0 Å². The molecule has 30 heavy (non-hydrogen) atoms. The predicted octanol–water partition coefficient (Wildman–Crippen LogP) is 3.29. The van der Waals surface area contributed by atoms with E-state index in [4.69, 9.17) is 9.47 Å². The van der Waals surface area contributed by atoms with Crippen molar-refractivity contribution in [3.05, 3.63) is 54.1 Å². The first kappa shape index (κ1) is 24.3. The summed E-state index contributed by atoms with van der Waals surface area (Å²) >= 11 is 0. The molecule has 2 aromatic carbocycles. The lowest BCUT2D eigenvalue weighted by Crippen LogP contribution is -2.46. The fourth-order valence-corrected chi connectivity index (χ4v) is 4.78. The van der Waals surface area contributed by atoms with Gasteiger partial charge in [0, 0.05) is 26.7 Å². The second-order valence-electron chi connectivity index (χ2n) is 6.93. The molecule has 2 aromatic rings. The highest BCUT2D eigenvalue weighted by Crippen LogP contribution is 2.32. The molecule has 1 N–H and O–H groups in total. The minimum atomic E-state index is -3.38. The van der Waals surface area contributed by atoms with Crippen LogP contribution in [0.3, 0.4) is 0 Å². The summed E-state index contributed by atoms with van der Waals surface area (Å²) in [6.45, 7) is 2.80. The lowest BCUT2D eigenvalue weighted by atomic mass is 10.2. The molecule has 0 aromatic heterocycles. The number of guanidine groups is 1. The zero-order valence-corrected chi connectivity index (χ0v) is 20.5. The number of hydrogen-bond donors (Lipinski definition) is 1. The van der Waals surface area contributed by atoms with E-state index in [0.29, 0.717) is 23.8 Å². The Kier molecular flexibility index (Phi) is 8.78. The van der Waals surface area contributed by atoms with Crippen LogP contribution in [0.1, 0.15) is 18.9 Å². The van der Waals surface area contributed by atoms with Gasteiger partial charge in [-0.25, -0.2) is 8.42 Å². The summed E-state index contributed by atoms with van der Waals surface area (Å²) in [6, 6.07) is 14.1.